The van der Waals surface area contributed by atoms with E-state index < -0.39 is 38.2 Å². The fourth-order valence-electron chi connectivity index (χ4n) is 4.71. The molecule has 5 rings (SSSR count). The number of anilines is 1. The average molecular weight is 530 g/mol. The second-order valence-corrected chi connectivity index (χ2v) is 11.1. The Hall–Kier alpha value is -3.67. The normalized spacial score (nSPS) is 18.9. The lowest BCUT2D eigenvalue weighted by molar-refractivity contribution is -0.135. The number of benzene rings is 1. The van der Waals surface area contributed by atoms with Gasteiger partial charge < -0.3 is 14.5 Å². The molecule has 2 saturated heterocycles. The molecule has 0 spiro atoms. The summed E-state index contributed by atoms with van der Waals surface area (Å²) in [5.41, 5.74) is 1.63. The highest BCUT2D eigenvalue weighted by molar-refractivity contribution is 7.90. The molecule has 2 fully saturated rings. The van der Waals surface area contributed by atoms with E-state index in [0.717, 1.165) is 17.5 Å². The maximum Gasteiger partial charge on any atom is 0.263 e. The van der Waals surface area contributed by atoms with Crippen molar-refractivity contribution >= 4 is 21.7 Å². The third-order valence-electron chi connectivity index (χ3n) is 6.63. The number of amides is 1. The Morgan fingerprint density at radius 2 is 1.70 bits per heavy atom. The third kappa shape index (κ3) is 5.24. The van der Waals surface area contributed by atoms with Gasteiger partial charge in [0.15, 0.2) is 27.5 Å². The molecule has 0 unspecified atom stereocenters. The molecule has 1 aromatic carbocycles. The van der Waals surface area contributed by atoms with Crippen LogP contribution in [0.2, 0.25) is 0 Å². The predicted molar refractivity (Wildman–Crippen MR) is 131 cm³/mol. The molecule has 0 saturated carbocycles. The topological polar surface area (TPSA) is 106 Å². The van der Waals surface area contributed by atoms with Crippen LogP contribution in [-0.2, 0) is 14.6 Å². The Kier molecular flexibility index (Phi) is 6.76. The average Bonchev–Trinajstić information content (AvgIpc) is 3.26. The number of piperidine rings is 1. The molecule has 0 aliphatic carbocycles. The van der Waals surface area contributed by atoms with Crippen molar-refractivity contribution in [2.75, 3.05) is 30.8 Å². The first kappa shape index (κ1) is 25.0. The molecule has 1 amide bonds. The lowest BCUT2D eigenvalue weighted by atomic mass is 10.0. The maximum absolute atomic E-state index is 14.4. The molecule has 2 aliphatic heterocycles. The summed E-state index contributed by atoms with van der Waals surface area (Å²) in [5, 5.41) is 0. The van der Waals surface area contributed by atoms with Gasteiger partial charge in [-0.15, -0.1) is 0 Å². The standard InChI is InChI=1S/C25H25F2N5O4S/c1-37(34,35)23-13-18(26)22(12-19(23)27)36-21-7-11-32(24(21)33)17-5-9-31(10-6-17)25-29-14-16(15-30-25)20-4-2-3-8-28-20/h2-4,8,12-15,17,21H,5-7,9-11H2,1H3/t21-/m0/s1. The van der Waals surface area contributed by atoms with Gasteiger partial charge in [-0.3, -0.25) is 9.78 Å². The fourth-order valence-corrected chi connectivity index (χ4v) is 5.44. The molecule has 4 heterocycles. The molecule has 0 bridgehead atoms. The van der Waals surface area contributed by atoms with Gasteiger partial charge in [0.2, 0.25) is 5.95 Å². The SMILES string of the molecule is CS(=O)(=O)c1cc(F)c(O[C@H]2CCN(C3CCN(c4ncc(-c5ccccn5)cn4)CC3)C2=O)cc1F. The molecule has 3 aromatic rings. The van der Waals surface area contributed by atoms with E-state index in [4.69, 9.17) is 4.74 Å². The smallest absolute Gasteiger partial charge is 0.263 e. The van der Waals surface area contributed by atoms with E-state index in [0.29, 0.717) is 57.0 Å². The van der Waals surface area contributed by atoms with E-state index in [1.165, 1.54) is 0 Å². The van der Waals surface area contributed by atoms with Gasteiger partial charge in [-0.2, -0.15) is 0 Å². The first-order valence-corrected chi connectivity index (χ1v) is 13.7. The summed E-state index contributed by atoms with van der Waals surface area (Å²) in [4.78, 5) is 29.3. The Morgan fingerprint density at radius 1 is 0.973 bits per heavy atom. The van der Waals surface area contributed by atoms with Crippen molar-refractivity contribution in [3.8, 4) is 17.0 Å². The van der Waals surface area contributed by atoms with Gasteiger partial charge >= 0.3 is 0 Å². The summed E-state index contributed by atoms with van der Waals surface area (Å²) < 4.78 is 57.3. The van der Waals surface area contributed by atoms with Crippen molar-refractivity contribution < 1.29 is 26.7 Å². The summed E-state index contributed by atoms with van der Waals surface area (Å²) >= 11 is 0. The summed E-state index contributed by atoms with van der Waals surface area (Å²) in [7, 11) is -3.94. The van der Waals surface area contributed by atoms with Gasteiger partial charge in [0.25, 0.3) is 5.91 Å². The minimum Gasteiger partial charge on any atom is -0.477 e. The van der Waals surface area contributed by atoms with Gasteiger partial charge in [-0.05, 0) is 31.0 Å². The number of carbonyl (C=O) groups is 1. The van der Waals surface area contributed by atoms with E-state index in [1.54, 1.807) is 23.5 Å². The van der Waals surface area contributed by atoms with Crippen LogP contribution in [0.3, 0.4) is 0 Å². The van der Waals surface area contributed by atoms with Gasteiger partial charge in [0.1, 0.15) is 10.7 Å². The number of halogens is 2. The largest absolute Gasteiger partial charge is 0.477 e. The molecule has 0 radical (unpaired) electrons. The molecule has 0 N–H and O–H groups in total. The third-order valence-corrected chi connectivity index (χ3v) is 7.74. The number of nitrogens with zero attached hydrogens (tertiary/aromatic N) is 5. The zero-order valence-corrected chi connectivity index (χ0v) is 20.9. The number of sulfone groups is 1. The van der Waals surface area contributed by atoms with E-state index in [2.05, 4.69) is 19.9 Å². The van der Waals surface area contributed by atoms with Crippen LogP contribution in [-0.4, -0.2) is 72.2 Å². The highest BCUT2D eigenvalue weighted by Gasteiger charge is 2.39. The zero-order valence-electron chi connectivity index (χ0n) is 20.0. The number of hydrogen-bond donors (Lipinski definition) is 0. The fraction of sp³-hybridized carbons (Fsp3) is 0.360. The Morgan fingerprint density at radius 3 is 2.35 bits per heavy atom. The summed E-state index contributed by atoms with van der Waals surface area (Å²) in [6, 6.07) is 6.89. The van der Waals surface area contributed by atoms with Crippen LogP contribution in [0.15, 0.2) is 53.8 Å². The van der Waals surface area contributed by atoms with Crippen LogP contribution in [0, 0.1) is 11.6 Å². The van der Waals surface area contributed by atoms with E-state index in [9.17, 15) is 22.0 Å². The number of hydrogen-bond acceptors (Lipinski definition) is 8. The van der Waals surface area contributed by atoms with Gasteiger partial charge in [-0.1, -0.05) is 6.07 Å². The van der Waals surface area contributed by atoms with Crippen LogP contribution >= 0.6 is 0 Å². The highest BCUT2D eigenvalue weighted by atomic mass is 32.2. The first-order valence-electron chi connectivity index (χ1n) is 11.9. The number of carbonyl (C=O) groups excluding carboxylic acids is 1. The lowest BCUT2D eigenvalue weighted by Gasteiger charge is -2.36. The Balaban J connectivity index is 1.19. The van der Waals surface area contributed by atoms with E-state index >= 15 is 0 Å². The molecule has 194 valence electrons. The van der Waals surface area contributed by atoms with Crippen LogP contribution in [0.1, 0.15) is 19.3 Å². The van der Waals surface area contributed by atoms with Crippen molar-refractivity contribution in [2.45, 2.75) is 36.3 Å². The van der Waals surface area contributed by atoms with E-state index in [-0.39, 0.29) is 11.9 Å². The molecule has 1 atom stereocenters. The van der Waals surface area contributed by atoms with E-state index in [1.807, 2.05) is 18.2 Å². The number of rotatable bonds is 6. The Bertz CT molecular complexity index is 1400. The molecule has 37 heavy (non-hydrogen) atoms. The van der Waals surface area contributed by atoms with Gasteiger partial charge in [0.05, 0.1) is 5.69 Å². The Labute approximate surface area is 213 Å². The van der Waals surface area contributed by atoms with Crippen molar-refractivity contribution in [2.24, 2.45) is 0 Å². The molecular formula is C25H25F2N5O4S. The zero-order chi connectivity index (χ0) is 26.2. The van der Waals surface area contributed by atoms with Crippen molar-refractivity contribution in [3.05, 3.63) is 60.6 Å². The molecule has 12 heteroatoms. The molecule has 2 aromatic heterocycles. The monoisotopic (exact) mass is 529 g/mol. The lowest BCUT2D eigenvalue weighted by Crippen LogP contribution is -2.47. The number of aromatic nitrogens is 3. The van der Waals surface area contributed by atoms with Crippen LogP contribution in [0.4, 0.5) is 14.7 Å². The van der Waals surface area contributed by atoms with Gasteiger partial charge in [0, 0.05) is 68.6 Å². The highest BCUT2D eigenvalue weighted by Crippen LogP contribution is 2.30. The minimum atomic E-state index is -3.94. The predicted octanol–water partition coefficient (Wildman–Crippen LogP) is 2.87. The second-order valence-electron chi connectivity index (χ2n) is 9.12. The van der Waals surface area contributed by atoms with Crippen molar-refractivity contribution in [3.63, 3.8) is 0 Å². The maximum atomic E-state index is 14.4. The molecular weight excluding hydrogens is 504 g/mol. The molecule has 9 nitrogen and oxygen atoms in total. The number of likely N-dealkylation sites (tertiary alicyclic amines) is 1. The van der Waals surface area contributed by atoms with Crippen molar-refractivity contribution in [1.29, 1.82) is 0 Å². The summed E-state index contributed by atoms with van der Waals surface area (Å²) in [5.74, 6) is -2.31. The molecule has 2 aliphatic rings. The quantitative estimate of drug-likeness (QED) is 0.480. The first-order chi connectivity index (χ1) is 17.7. The van der Waals surface area contributed by atoms with Gasteiger partial charge in [-0.25, -0.2) is 27.2 Å². The second kappa shape index (κ2) is 10.0. The summed E-state index contributed by atoms with van der Waals surface area (Å²) in [6.07, 6.45) is 6.77. The summed E-state index contributed by atoms with van der Waals surface area (Å²) in [6.45, 7) is 1.76. The van der Waals surface area contributed by atoms with Crippen LogP contribution in [0.25, 0.3) is 11.3 Å². The number of pyridine rings is 1. The minimum absolute atomic E-state index is 0.0145. The van der Waals surface area contributed by atoms with Crippen LogP contribution < -0.4 is 9.64 Å². The van der Waals surface area contributed by atoms with Crippen LogP contribution in [0.5, 0.6) is 5.75 Å². The van der Waals surface area contributed by atoms with Crippen molar-refractivity contribution in [1.82, 2.24) is 19.9 Å². The number of ether oxygens (including phenoxy) is 1.